The number of Topliss-reactive ketones (excluding diaryl/α,β-unsaturated/α-hetero) is 13. The lowest BCUT2D eigenvalue weighted by Gasteiger charge is -2.47. The second kappa shape index (κ2) is 32.2. The van der Waals surface area contributed by atoms with Gasteiger partial charge >= 0.3 is 0 Å². The van der Waals surface area contributed by atoms with Gasteiger partial charge in [0.1, 0.15) is 0 Å². The molecule has 5 aromatic carbocycles. The SMILES string of the molecule is CC(=O)NC1CC(C)(C)CC(C)(NC(C)=O)C1.CC(=O)c1cc(C(C)=O)c(C(C)=O)cc1C(C)=O.CC(=O)c1ccc(C(=O)c2ccc(C(C)=O)c(C(C)=O)c2)cc1C(C)=O.CC(=O)c1ccc(C(C)=O)c(C(C)=O)c1.CC(=O)c1cccc(C(C)=O)c1. The topological polar surface area (TPSA) is 297 Å². The maximum atomic E-state index is 12.8. The lowest BCUT2D eigenvalue weighted by molar-refractivity contribution is -0.122. The number of amides is 2. The summed E-state index contributed by atoms with van der Waals surface area (Å²) in [7, 11) is 0. The second-order valence-electron chi connectivity index (χ2n) is 22.8. The van der Waals surface area contributed by atoms with E-state index in [1.54, 1.807) is 37.3 Å². The summed E-state index contributed by atoms with van der Waals surface area (Å²) in [5.74, 6) is -3.33. The molecule has 5 aromatic rings. The third-order valence-electron chi connectivity index (χ3n) is 13.9. The molecule has 2 N–H and O–H groups in total. The molecule has 0 spiro atoms. The average Bonchev–Trinajstić information content (AvgIpc) is 3.56. The molecule has 18 heteroatoms. The number of hydrogen-bond donors (Lipinski definition) is 2. The summed E-state index contributed by atoms with van der Waals surface area (Å²) in [4.78, 5) is 183. The molecule has 0 aromatic heterocycles. The Labute approximate surface area is 513 Å². The van der Waals surface area contributed by atoms with E-state index in [-0.39, 0.29) is 160 Å². The van der Waals surface area contributed by atoms with Gasteiger partial charge in [0.15, 0.2) is 81.0 Å². The number of ketones is 14. The second-order valence-corrected chi connectivity index (χ2v) is 22.8. The standard InChI is InChI=1S/C21H18O5.C14H14O4.C13H24N2O2.C12H12O3.C10H10O2/c1-11(22)17-7-5-15(9-19(17)13(3)24)21(26)16-6-8-18(12(2)23)20(10-16)14(4)25;1-7(15)11-5-13(9(3)17)14(10(4)18)6-12(11)8(2)16;1-9(16)14-11-6-12(3,4)8-13(5,7-11)15-10(2)17;1-7(13)10-4-5-11(8(2)14)12(6-10)9(3)15;1-7(11)9-4-3-5-10(6-9)8(2)12/h5-10H,1-4H3;5-6H,1-4H3;11H,6-8H2,1-5H3,(H,14,16)(H,15,17);4-6H,1-3H3;3-6H,1-2H3. The van der Waals surface area contributed by atoms with Gasteiger partial charge in [-0.2, -0.15) is 0 Å². The molecule has 2 amide bonds. The Hall–Kier alpha value is -9.58. The zero-order valence-electron chi connectivity index (χ0n) is 53.4. The van der Waals surface area contributed by atoms with E-state index in [9.17, 15) is 76.7 Å². The van der Waals surface area contributed by atoms with Crippen LogP contribution in [-0.4, -0.2) is 104 Å². The van der Waals surface area contributed by atoms with Gasteiger partial charge in [0, 0.05) is 109 Å². The lowest BCUT2D eigenvalue weighted by Crippen LogP contribution is -2.56. The minimum Gasteiger partial charge on any atom is -0.354 e. The molecule has 1 saturated carbocycles. The Morgan fingerprint density at radius 1 is 0.307 bits per heavy atom. The van der Waals surface area contributed by atoms with Crippen LogP contribution < -0.4 is 10.6 Å². The minimum atomic E-state index is -0.403. The Morgan fingerprint density at radius 2 is 0.580 bits per heavy atom. The summed E-state index contributed by atoms with van der Waals surface area (Å²) >= 11 is 0. The van der Waals surface area contributed by atoms with E-state index in [1.165, 1.54) is 158 Å². The number of rotatable bonds is 17. The van der Waals surface area contributed by atoms with Crippen LogP contribution in [0.15, 0.2) is 91.0 Å². The van der Waals surface area contributed by atoms with E-state index in [4.69, 9.17) is 0 Å². The van der Waals surface area contributed by atoms with Crippen molar-refractivity contribution in [2.24, 2.45) is 5.41 Å². The third kappa shape index (κ3) is 22.0. The summed E-state index contributed by atoms with van der Waals surface area (Å²) in [5.41, 5.74) is 4.24. The Morgan fingerprint density at radius 3 is 0.852 bits per heavy atom. The van der Waals surface area contributed by atoms with Gasteiger partial charge in [-0.3, -0.25) is 76.7 Å². The van der Waals surface area contributed by atoms with E-state index in [0.29, 0.717) is 27.8 Å². The first-order valence-electron chi connectivity index (χ1n) is 28.0. The Balaban J connectivity index is 0.000000384. The van der Waals surface area contributed by atoms with Crippen molar-refractivity contribution in [1.82, 2.24) is 10.6 Å². The van der Waals surface area contributed by atoms with Crippen molar-refractivity contribution >= 4 is 92.8 Å². The summed E-state index contributed by atoms with van der Waals surface area (Å²) < 4.78 is 0. The molecular formula is C70H78N2O16. The van der Waals surface area contributed by atoms with Crippen molar-refractivity contribution in [2.75, 3.05) is 0 Å². The van der Waals surface area contributed by atoms with Crippen LogP contribution in [0.1, 0.15) is 294 Å². The van der Waals surface area contributed by atoms with Crippen LogP contribution in [0.5, 0.6) is 0 Å². The van der Waals surface area contributed by atoms with Crippen molar-refractivity contribution in [1.29, 1.82) is 0 Å². The fourth-order valence-electron chi connectivity index (χ4n) is 10.2. The maximum absolute atomic E-state index is 12.8. The highest BCUT2D eigenvalue weighted by Crippen LogP contribution is 2.41. The van der Waals surface area contributed by atoms with Gasteiger partial charge in [-0.1, -0.05) is 50.2 Å². The van der Waals surface area contributed by atoms with Gasteiger partial charge in [0.05, 0.1) is 0 Å². The summed E-state index contributed by atoms with van der Waals surface area (Å²) in [6.07, 6.45) is 2.70. The van der Waals surface area contributed by atoms with E-state index in [1.807, 2.05) is 0 Å². The molecule has 464 valence electrons. The first-order chi connectivity index (χ1) is 40.5. The summed E-state index contributed by atoms with van der Waals surface area (Å²) in [5, 5.41) is 6.00. The highest BCUT2D eigenvalue weighted by Gasteiger charge is 2.42. The summed E-state index contributed by atoms with van der Waals surface area (Å²) in [6, 6.07) is 22.7. The summed E-state index contributed by atoms with van der Waals surface area (Å²) in [6.45, 7) is 27.3. The molecule has 1 aliphatic carbocycles. The fraction of sp³-hybridized carbons (Fsp3) is 0.343. The van der Waals surface area contributed by atoms with Gasteiger partial charge in [-0.15, -0.1) is 0 Å². The normalized spacial score (nSPS) is 14.2. The first-order valence-corrected chi connectivity index (χ1v) is 28.0. The molecule has 2 atom stereocenters. The predicted octanol–water partition coefficient (Wildman–Crippen LogP) is 12.2. The largest absolute Gasteiger partial charge is 0.354 e. The van der Waals surface area contributed by atoms with Crippen molar-refractivity contribution in [3.8, 4) is 0 Å². The van der Waals surface area contributed by atoms with Gasteiger partial charge in [-0.25, -0.2) is 0 Å². The minimum absolute atomic E-state index is 0.00197. The Kier molecular flexibility index (Phi) is 27.3. The van der Waals surface area contributed by atoms with Gasteiger partial charge in [0.2, 0.25) is 11.8 Å². The third-order valence-corrected chi connectivity index (χ3v) is 13.9. The zero-order chi connectivity index (χ0) is 67.6. The molecule has 6 rings (SSSR count). The monoisotopic (exact) mass is 1200 g/mol. The van der Waals surface area contributed by atoms with Crippen LogP contribution in [0.4, 0.5) is 0 Å². The van der Waals surface area contributed by atoms with E-state index in [0.717, 1.165) is 19.3 Å². The van der Waals surface area contributed by atoms with Gasteiger partial charge < -0.3 is 10.6 Å². The van der Waals surface area contributed by atoms with Crippen LogP contribution in [0.2, 0.25) is 0 Å². The quantitative estimate of drug-likeness (QED) is 0.0818. The Bertz CT molecular complexity index is 3500. The molecule has 0 radical (unpaired) electrons. The van der Waals surface area contributed by atoms with E-state index in [2.05, 4.69) is 31.4 Å². The van der Waals surface area contributed by atoms with Gasteiger partial charge in [0.25, 0.3) is 0 Å². The van der Waals surface area contributed by atoms with Crippen LogP contribution in [0.25, 0.3) is 0 Å². The number of hydrogen-bond acceptors (Lipinski definition) is 16. The molecule has 18 nitrogen and oxygen atoms in total. The highest BCUT2D eigenvalue weighted by molar-refractivity contribution is 6.16. The molecule has 0 saturated heterocycles. The highest BCUT2D eigenvalue weighted by atomic mass is 16.2. The van der Waals surface area contributed by atoms with Crippen molar-refractivity contribution in [3.63, 3.8) is 0 Å². The molecule has 1 aliphatic rings. The molecule has 0 aliphatic heterocycles. The van der Waals surface area contributed by atoms with E-state index < -0.39 is 5.78 Å². The van der Waals surface area contributed by atoms with Crippen LogP contribution in [-0.2, 0) is 9.59 Å². The lowest BCUT2D eigenvalue weighted by atomic mass is 9.66. The van der Waals surface area contributed by atoms with Crippen LogP contribution >= 0.6 is 0 Å². The molecule has 88 heavy (non-hydrogen) atoms. The van der Waals surface area contributed by atoms with E-state index >= 15 is 0 Å². The number of benzene rings is 5. The fourth-order valence-corrected chi connectivity index (χ4v) is 10.2. The molecule has 0 heterocycles. The number of nitrogens with one attached hydrogen (secondary N) is 2. The molecule has 2 unspecified atom stereocenters. The zero-order valence-corrected chi connectivity index (χ0v) is 53.4. The number of carbonyl (C=O) groups is 16. The van der Waals surface area contributed by atoms with Crippen molar-refractivity contribution in [3.05, 3.63) is 174 Å². The molecular weight excluding hydrogens is 1120 g/mol. The maximum Gasteiger partial charge on any atom is 0.217 e. The predicted molar refractivity (Wildman–Crippen MR) is 333 cm³/mol. The molecule has 1 fully saturated rings. The van der Waals surface area contributed by atoms with Crippen LogP contribution in [0.3, 0.4) is 0 Å². The van der Waals surface area contributed by atoms with Crippen LogP contribution in [0, 0.1) is 5.41 Å². The first kappa shape index (κ1) is 74.5. The average molecular weight is 1200 g/mol. The van der Waals surface area contributed by atoms with Crippen molar-refractivity contribution in [2.45, 2.75) is 155 Å². The number of carbonyl (C=O) groups excluding carboxylic acids is 16. The smallest absolute Gasteiger partial charge is 0.217 e. The van der Waals surface area contributed by atoms with Gasteiger partial charge in [-0.05, 0) is 176 Å². The molecule has 0 bridgehead atoms. The van der Waals surface area contributed by atoms with Crippen molar-refractivity contribution < 1.29 is 76.7 Å².